The molecule has 1 aliphatic rings. The first-order valence-electron chi connectivity index (χ1n) is 8.85. The van der Waals surface area contributed by atoms with Gasteiger partial charge >= 0.3 is 5.97 Å². The molecule has 0 saturated carbocycles. The van der Waals surface area contributed by atoms with Gasteiger partial charge in [-0.3, -0.25) is 4.98 Å². The zero-order valence-electron chi connectivity index (χ0n) is 15.8. The van der Waals surface area contributed by atoms with Crippen LogP contribution in [-0.2, 0) is 14.2 Å². The molecule has 0 radical (unpaired) electrons. The van der Waals surface area contributed by atoms with Crippen LogP contribution in [0.4, 0.5) is 5.69 Å². The van der Waals surface area contributed by atoms with E-state index in [9.17, 15) is 4.79 Å². The minimum absolute atomic E-state index is 0.0451. The summed E-state index contributed by atoms with van der Waals surface area (Å²) in [6.07, 6.45) is 1.69. The molecule has 1 aromatic carbocycles. The number of hydrogen-bond acceptors (Lipinski definition) is 6. The summed E-state index contributed by atoms with van der Waals surface area (Å²) in [4.78, 5) is 19.2. The minimum atomic E-state index is -0.540. The van der Waals surface area contributed by atoms with Crippen LogP contribution < -0.4 is 4.90 Å². The van der Waals surface area contributed by atoms with Crippen molar-refractivity contribution in [2.75, 3.05) is 38.3 Å². The number of anilines is 1. The van der Waals surface area contributed by atoms with E-state index in [0.29, 0.717) is 18.8 Å². The predicted molar refractivity (Wildman–Crippen MR) is 101 cm³/mol. The Labute approximate surface area is 154 Å². The molecule has 0 N–H and O–H groups in total. The second-order valence-corrected chi connectivity index (χ2v) is 7.46. The van der Waals surface area contributed by atoms with Gasteiger partial charge in [0, 0.05) is 37.5 Å². The minimum Gasteiger partial charge on any atom is -0.456 e. The number of hydrogen-bond donors (Lipinski definition) is 0. The lowest BCUT2D eigenvalue weighted by atomic mass is 10.1. The second kappa shape index (κ2) is 7.60. The van der Waals surface area contributed by atoms with Crippen molar-refractivity contribution in [1.29, 1.82) is 0 Å². The van der Waals surface area contributed by atoms with Crippen LogP contribution in [0.2, 0.25) is 0 Å². The topological polar surface area (TPSA) is 60.9 Å². The molecule has 2 aromatic rings. The van der Waals surface area contributed by atoms with Crippen molar-refractivity contribution < 1.29 is 19.0 Å². The Morgan fingerprint density at radius 1 is 1.35 bits per heavy atom. The molecule has 0 bridgehead atoms. The Hall–Kier alpha value is -2.18. The number of esters is 1. The quantitative estimate of drug-likeness (QED) is 0.783. The molecule has 1 aromatic heterocycles. The molecule has 140 valence electrons. The van der Waals surface area contributed by atoms with E-state index >= 15 is 0 Å². The van der Waals surface area contributed by atoms with Gasteiger partial charge in [-0.05, 0) is 45.0 Å². The summed E-state index contributed by atoms with van der Waals surface area (Å²) in [5, 5.41) is 0.800. The van der Waals surface area contributed by atoms with Gasteiger partial charge in [0.05, 0.1) is 30.4 Å². The van der Waals surface area contributed by atoms with Crippen molar-refractivity contribution in [1.82, 2.24) is 4.98 Å². The highest BCUT2D eigenvalue weighted by molar-refractivity contribution is 6.04. The van der Waals surface area contributed by atoms with E-state index in [2.05, 4.69) is 9.88 Å². The molecule has 2 heterocycles. The van der Waals surface area contributed by atoms with E-state index in [0.717, 1.165) is 29.7 Å². The van der Waals surface area contributed by atoms with Gasteiger partial charge in [0.2, 0.25) is 0 Å². The van der Waals surface area contributed by atoms with E-state index in [-0.39, 0.29) is 12.1 Å². The molecule has 0 spiro atoms. The van der Waals surface area contributed by atoms with Gasteiger partial charge in [-0.2, -0.15) is 0 Å². The van der Waals surface area contributed by atoms with Crippen molar-refractivity contribution in [3.63, 3.8) is 0 Å². The normalized spacial score (nSPS) is 18.2. The number of fused-ring (bicyclic) bond motifs is 1. The average molecular weight is 358 g/mol. The number of rotatable bonds is 4. The maximum atomic E-state index is 12.6. The lowest BCUT2D eigenvalue weighted by Crippen LogP contribution is -2.44. The molecule has 6 nitrogen and oxygen atoms in total. The highest BCUT2D eigenvalue weighted by atomic mass is 16.6. The molecule has 1 aliphatic heterocycles. The molecular weight excluding hydrogens is 332 g/mol. The summed E-state index contributed by atoms with van der Waals surface area (Å²) in [5.74, 6) is -0.332. The molecule has 1 atom stereocenters. The van der Waals surface area contributed by atoms with Gasteiger partial charge in [-0.15, -0.1) is 0 Å². The lowest BCUT2D eigenvalue weighted by Gasteiger charge is -2.34. The van der Waals surface area contributed by atoms with E-state index in [1.54, 1.807) is 19.4 Å². The van der Waals surface area contributed by atoms with Crippen LogP contribution in [0.25, 0.3) is 10.9 Å². The van der Waals surface area contributed by atoms with Crippen LogP contribution in [0.3, 0.4) is 0 Å². The molecule has 0 unspecified atom stereocenters. The summed E-state index contributed by atoms with van der Waals surface area (Å²) in [5.41, 5.74) is 1.81. The van der Waals surface area contributed by atoms with Crippen LogP contribution in [0.5, 0.6) is 0 Å². The SMILES string of the molecule is COC[C@@H]1CN(c2ccc3nccc(C(=O)OC(C)(C)C)c3c2)CCO1. The third-order valence-electron chi connectivity index (χ3n) is 4.20. The molecule has 6 heteroatoms. The fourth-order valence-corrected chi connectivity index (χ4v) is 3.08. The fourth-order valence-electron chi connectivity index (χ4n) is 3.08. The van der Waals surface area contributed by atoms with Gasteiger partial charge in [0.15, 0.2) is 0 Å². The van der Waals surface area contributed by atoms with Crippen LogP contribution in [-0.4, -0.2) is 56.1 Å². The van der Waals surface area contributed by atoms with Gasteiger partial charge in [-0.1, -0.05) is 0 Å². The Morgan fingerprint density at radius 3 is 2.88 bits per heavy atom. The summed E-state index contributed by atoms with van der Waals surface area (Å²) in [7, 11) is 1.68. The Morgan fingerprint density at radius 2 is 2.15 bits per heavy atom. The standard InChI is InChI=1S/C20H26N2O4/c1-20(2,3)26-19(23)16-7-8-21-18-6-5-14(11-17(16)18)22-9-10-25-15(12-22)13-24-4/h5-8,11,15H,9-10,12-13H2,1-4H3/t15-/m0/s1. The number of carbonyl (C=O) groups excluding carboxylic acids is 1. The van der Waals surface area contributed by atoms with Crippen molar-refractivity contribution in [2.24, 2.45) is 0 Å². The summed E-state index contributed by atoms with van der Waals surface area (Å²) >= 11 is 0. The number of nitrogens with zero attached hydrogens (tertiary/aromatic N) is 2. The molecule has 0 amide bonds. The maximum absolute atomic E-state index is 12.6. The van der Waals surface area contributed by atoms with Crippen LogP contribution in [0.1, 0.15) is 31.1 Å². The van der Waals surface area contributed by atoms with Crippen LogP contribution >= 0.6 is 0 Å². The van der Waals surface area contributed by atoms with Gasteiger partial charge < -0.3 is 19.1 Å². The highest BCUT2D eigenvalue weighted by Crippen LogP contribution is 2.26. The maximum Gasteiger partial charge on any atom is 0.339 e. The first kappa shape index (κ1) is 18.6. The van der Waals surface area contributed by atoms with Crippen molar-refractivity contribution in [3.05, 3.63) is 36.0 Å². The number of aromatic nitrogens is 1. The second-order valence-electron chi connectivity index (χ2n) is 7.46. The molecular formula is C20H26N2O4. The van der Waals surface area contributed by atoms with Gasteiger partial charge in [0.25, 0.3) is 0 Å². The first-order valence-corrected chi connectivity index (χ1v) is 8.85. The Kier molecular flexibility index (Phi) is 5.44. The summed E-state index contributed by atoms with van der Waals surface area (Å²) < 4.78 is 16.5. The first-order chi connectivity index (χ1) is 12.4. The molecule has 3 rings (SSSR count). The van der Waals surface area contributed by atoms with Gasteiger partial charge in [-0.25, -0.2) is 4.79 Å². The number of ether oxygens (including phenoxy) is 3. The predicted octanol–water partition coefficient (Wildman–Crippen LogP) is 3.04. The fraction of sp³-hybridized carbons (Fsp3) is 0.500. The Bertz CT molecular complexity index is 783. The third kappa shape index (κ3) is 4.31. The number of carbonyl (C=O) groups is 1. The van der Waals surface area contributed by atoms with Crippen LogP contribution in [0, 0.1) is 0 Å². The van der Waals surface area contributed by atoms with Crippen molar-refractivity contribution in [2.45, 2.75) is 32.5 Å². The highest BCUT2D eigenvalue weighted by Gasteiger charge is 2.23. The molecule has 0 aliphatic carbocycles. The summed E-state index contributed by atoms with van der Waals surface area (Å²) in [6.45, 7) is 8.36. The summed E-state index contributed by atoms with van der Waals surface area (Å²) in [6, 6.07) is 7.70. The number of methoxy groups -OCH3 is 1. The number of benzene rings is 1. The van der Waals surface area contributed by atoms with Crippen LogP contribution in [0.15, 0.2) is 30.5 Å². The van der Waals surface area contributed by atoms with Crippen molar-refractivity contribution >= 4 is 22.6 Å². The zero-order valence-corrected chi connectivity index (χ0v) is 15.8. The molecule has 1 fully saturated rings. The zero-order chi connectivity index (χ0) is 18.7. The number of pyridine rings is 1. The van der Waals surface area contributed by atoms with E-state index in [4.69, 9.17) is 14.2 Å². The van der Waals surface area contributed by atoms with E-state index in [1.165, 1.54) is 0 Å². The van der Waals surface area contributed by atoms with E-state index < -0.39 is 5.60 Å². The molecule has 1 saturated heterocycles. The van der Waals surface area contributed by atoms with Crippen molar-refractivity contribution in [3.8, 4) is 0 Å². The number of morpholine rings is 1. The van der Waals surface area contributed by atoms with Gasteiger partial charge in [0.1, 0.15) is 5.60 Å². The largest absolute Gasteiger partial charge is 0.456 e. The lowest BCUT2D eigenvalue weighted by molar-refractivity contribution is -0.0100. The average Bonchev–Trinajstić information content (AvgIpc) is 2.60. The third-order valence-corrected chi connectivity index (χ3v) is 4.20. The van der Waals surface area contributed by atoms with E-state index in [1.807, 2.05) is 39.0 Å². The molecule has 26 heavy (non-hydrogen) atoms. The smallest absolute Gasteiger partial charge is 0.339 e. The Balaban J connectivity index is 1.92. The monoisotopic (exact) mass is 358 g/mol.